The highest BCUT2D eigenvalue weighted by Crippen LogP contribution is 2.35. The molecule has 0 saturated heterocycles. The van der Waals surface area contributed by atoms with Crippen LogP contribution in [-0.4, -0.2) is 28.1 Å². The molecule has 0 radical (unpaired) electrons. The van der Waals surface area contributed by atoms with Crippen LogP contribution in [0, 0.1) is 11.6 Å². The van der Waals surface area contributed by atoms with Crippen LogP contribution in [0.5, 0.6) is 0 Å². The number of nitrogens with zero attached hydrogens (tertiary/aromatic N) is 2. The zero-order valence-electron chi connectivity index (χ0n) is 14.1. The average molecular weight is 380 g/mol. The number of fused-ring (bicyclic) bond motifs is 1. The molecule has 0 saturated carbocycles. The van der Waals surface area contributed by atoms with Gasteiger partial charge in [-0.2, -0.15) is 16.9 Å². The lowest BCUT2D eigenvalue weighted by molar-refractivity contribution is -0.121. The first-order chi connectivity index (χ1) is 12.5. The fraction of sp³-hybridized carbons (Fsp3) is 0.353. The van der Waals surface area contributed by atoms with Crippen LogP contribution < -0.4 is 10.6 Å². The number of benzene rings is 1. The third-order valence-corrected chi connectivity index (χ3v) is 4.88. The maximum absolute atomic E-state index is 13.9. The van der Waals surface area contributed by atoms with Crippen molar-refractivity contribution in [1.82, 2.24) is 15.1 Å². The molecule has 1 aromatic heterocycles. The fourth-order valence-electron chi connectivity index (χ4n) is 2.66. The molecule has 0 spiro atoms. The summed E-state index contributed by atoms with van der Waals surface area (Å²) < 4.78 is 29.1. The predicted octanol–water partition coefficient (Wildman–Crippen LogP) is 2.69. The number of halogens is 2. The van der Waals surface area contributed by atoms with Crippen molar-refractivity contribution in [2.75, 3.05) is 11.9 Å². The number of carbonyl (C=O) groups is 2. The average Bonchev–Trinajstić information content (AvgIpc) is 3.16. The van der Waals surface area contributed by atoms with E-state index in [1.165, 1.54) is 10.7 Å². The number of aromatic nitrogens is 2. The van der Waals surface area contributed by atoms with Crippen LogP contribution in [-0.2, 0) is 22.8 Å². The van der Waals surface area contributed by atoms with Gasteiger partial charge < -0.3 is 10.6 Å². The van der Waals surface area contributed by atoms with E-state index in [2.05, 4.69) is 15.7 Å². The largest absolute Gasteiger partial charge is 0.355 e. The molecule has 138 valence electrons. The van der Waals surface area contributed by atoms with E-state index in [-0.39, 0.29) is 12.5 Å². The molecule has 0 bridgehead atoms. The van der Waals surface area contributed by atoms with E-state index in [1.54, 1.807) is 11.8 Å². The number of rotatable bonds is 6. The quantitative estimate of drug-likeness (QED) is 0.808. The standard InChI is InChI=1S/C17H18F2N4O2S/c1-2-6-20-14(24)7-23-16(10-8-26-9-13(10)22-23)21-17(25)15-11(18)4-3-5-12(15)19/h3-5H,2,6-9H2,1H3,(H,20,24)(H,21,25). The minimum Gasteiger partial charge on any atom is -0.355 e. The van der Waals surface area contributed by atoms with Crippen LogP contribution in [0.2, 0.25) is 0 Å². The van der Waals surface area contributed by atoms with E-state index < -0.39 is 23.1 Å². The first kappa shape index (κ1) is 18.4. The van der Waals surface area contributed by atoms with E-state index in [4.69, 9.17) is 0 Å². The highest BCUT2D eigenvalue weighted by atomic mass is 32.2. The molecule has 2 heterocycles. The van der Waals surface area contributed by atoms with E-state index >= 15 is 0 Å². The van der Waals surface area contributed by atoms with Crippen molar-refractivity contribution in [1.29, 1.82) is 0 Å². The zero-order valence-corrected chi connectivity index (χ0v) is 15.0. The molecule has 3 rings (SSSR count). The van der Waals surface area contributed by atoms with Crippen LogP contribution in [0.15, 0.2) is 18.2 Å². The molecule has 2 N–H and O–H groups in total. The topological polar surface area (TPSA) is 76.0 Å². The third kappa shape index (κ3) is 3.72. The third-order valence-electron chi connectivity index (χ3n) is 3.91. The number of hydrogen-bond donors (Lipinski definition) is 2. The van der Waals surface area contributed by atoms with Crippen molar-refractivity contribution < 1.29 is 18.4 Å². The van der Waals surface area contributed by atoms with Crippen molar-refractivity contribution in [3.05, 3.63) is 46.7 Å². The second kappa shape index (κ2) is 7.86. The first-order valence-corrected chi connectivity index (χ1v) is 9.35. The highest BCUT2D eigenvalue weighted by Gasteiger charge is 2.26. The monoisotopic (exact) mass is 380 g/mol. The number of amides is 2. The normalized spacial score (nSPS) is 12.7. The SMILES string of the molecule is CCCNC(=O)Cn1nc2c(c1NC(=O)c1c(F)cccc1F)CSC2. The highest BCUT2D eigenvalue weighted by molar-refractivity contribution is 7.98. The molecule has 2 aromatic rings. The second-order valence-corrected chi connectivity index (χ2v) is 6.81. The number of hydrogen-bond acceptors (Lipinski definition) is 4. The van der Waals surface area contributed by atoms with Crippen LogP contribution in [0.3, 0.4) is 0 Å². The van der Waals surface area contributed by atoms with E-state index in [1.807, 2.05) is 6.92 Å². The molecular weight excluding hydrogens is 362 g/mol. The second-order valence-electron chi connectivity index (χ2n) is 5.83. The molecular formula is C17H18F2N4O2S. The molecule has 6 nitrogen and oxygen atoms in total. The summed E-state index contributed by atoms with van der Waals surface area (Å²) in [6.07, 6.45) is 0.800. The lowest BCUT2D eigenvalue weighted by atomic mass is 10.2. The molecule has 0 fully saturated rings. The molecule has 9 heteroatoms. The van der Waals surface area contributed by atoms with Crippen molar-refractivity contribution in [3.63, 3.8) is 0 Å². The van der Waals surface area contributed by atoms with Gasteiger partial charge in [0.25, 0.3) is 5.91 Å². The lowest BCUT2D eigenvalue weighted by Crippen LogP contribution is -2.29. The van der Waals surface area contributed by atoms with E-state index in [0.29, 0.717) is 23.9 Å². The lowest BCUT2D eigenvalue weighted by Gasteiger charge is -2.12. The van der Waals surface area contributed by atoms with Gasteiger partial charge in [0.1, 0.15) is 29.6 Å². The smallest absolute Gasteiger partial charge is 0.262 e. The summed E-state index contributed by atoms with van der Waals surface area (Å²) >= 11 is 1.62. The van der Waals surface area contributed by atoms with Gasteiger partial charge in [-0.25, -0.2) is 13.5 Å². The summed E-state index contributed by atoms with van der Waals surface area (Å²) in [5, 5.41) is 9.64. The van der Waals surface area contributed by atoms with Gasteiger partial charge in [-0.15, -0.1) is 0 Å². The van der Waals surface area contributed by atoms with E-state index in [9.17, 15) is 18.4 Å². The molecule has 1 aliphatic heterocycles. The van der Waals surface area contributed by atoms with Crippen molar-refractivity contribution in [3.8, 4) is 0 Å². The first-order valence-electron chi connectivity index (χ1n) is 8.19. The van der Waals surface area contributed by atoms with Gasteiger partial charge in [0, 0.05) is 23.6 Å². The van der Waals surface area contributed by atoms with Gasteiger partial charge in [0.05, 0.1) is 5.69 Å². The minimum atomic E-state index is -0.944. The van der Waals surface area contributed by atoms with Crippen LogP contribution >= 0.6 is 11.8 Å². The Balaban J connectivity index is 1.87. The number of thioether (sulfide) groups is 1. The summed E-state index contributed by atoms with van der Waals surface area (Å²) in [4.78, 5) is 24.4. The van der Waals surface area contributed by atoms with Gasteiger partial charge in [-0.05, 0) is 18.6 Å². The maximum Gasteiger partial charge on any atom is 0.262 e. The summed E-state index contributed by atoms with van der Waals surface area (Å²) in [6, 6.07) is 3.24. The van der Waals surface area contributed by atoms with Crippen LogP contribution in [0.25, 0.3) is 0 Å². The maximum atomic E-state index is 13.9. The summed E-state index contributed by atoms with van der Waals surface area (Å²) in [5.41, 5.74) is 0.890. The molecule has 1 aromatic carbocycles. The van der Waals surface area contributed by atoms with Crippen molar-refractivity contribution in [2.24, 2.45) is 0 Å². The van der Waals surface area contributed by atoms with Gasteiger partial charge in [-0.3, -0.25) is 9.59 Å². The van der Waals surface area contributed by atoms with Gasteiger partial charge in [-0.1, -0.05) is 13.0 Å². The Morgan fingerprint density at radius 3 is 2.69 bits per heavy atom. The number of nitrogens with one attached hydrogen (secondary N) is 2. The summed E-state index contributed by atoms with van der Waals surface area (Å²) in [6.45, 7) is 2.40. The Labute approximate surface area is 153 Å². The van der Waals surface area contributed by atoms with Crippen LogP contribution in [0.1, 0.15) is 35.0 Å². The van der Waals surface area contributed by atoms with Crippen molar-refractivity contribution in [2.45, 2.75) is 31.4 Å². The molecule has 1 aliphatic rings. The molecule has 0 aliphatic carbocycles. The number of anilines is 1. The van der Waals surface area contributed by atoms with Gasteiger partial charge in [0.2, 0.25) is 5.91 Å². The van der Waals surface area contributed by atoms with E-state index in [0.717, 1.165) is 29.8 Å². The molecule has 2 amide bonds. The Bertz CT molecular complexity index is 833. The van der Waals surface area contributed by atoms with Crippen LogP contribution in [0.4, 0.5) is 14.6 Å². The van der Waals surface area contributed by atoms with Gasteiger partial charge >= 0.3 is 0 Å². The van der Waals surface area contributed by atoms with Gasteiger partial charge in [0.15, 0.2) is 0 Å². The fourth-order valence-corrected chi connectivity index (χ4v) is 3.70. The molecule has 0 atom stereocenters. The summed E-state index contributed by atoms with van der Waals surface area (Å²) in [5.74, 6) is -1.45. The summed E-state index contributed by atoms with van der Waals surface area (Å²) in [7, 11) is 0. The Morgan fingerprint density at radius 2 is 2.00 bits per heavy atom. The minimum absolute atomic E-state index is 0.0764. The molecule has 26 heavy (non-hydrogen) atoms. The molecule has 0 unspecified atom stereocenters. The Morgan fingerprint density at radius 1 is 1.27 bits per heavy atom. The Hall–Kier alpha value is -2.42. The Kier molecular flexibility index (Phi) is 5.55. The zero-order chi connectivity index (χ0) is 18.7. The number of carbonyl (C=O) groups excluding carboxylic acids is 2. The predicted molar refractivity (Wildman–Crippen MR) is 94.8 cm³/mol. The van der Waals surface area contributed by atoms with Crippen molar-refractivity contribution >= 4 is 29.4 Å².